The van der Waals surface area contributed by atoms with Crippen LogP contribution in [0.15, 0.2) is 47.4 Å². The third-order valence-electron chi connectivity index (χ3n) is 4.35. The molecular formula is C19H23NO5S. The summed E-state index contributed by atoms with van der Waals surface area (Å²) in [5.74, 6) is 1.34. The maximum Gasteiger partial charge on any atom is 0.265 e. The fourth-order valence-corrected chi connectivity index (χ4v) is 4.27. The Kier molecular flexibility index (Phi) is 5.56. The van der Waals surface area contributed by atoms with E-state index in [0.29, 0.717) is 17.2 Å². The quantitative estimate of drug-likeness (QED) is 0.794. The van der Waals surface area contributed by atoms with Gasteiger partial charge in [-0.1, -0.05) is 6.07 Å². The van der Waals surface area contributed by atoms with E-state index in [4.69, 9.17) is 14.2 Å². The average molecular weight is 377 g/mol. The first kappa shape index (κ1) is 18.4. The Balaban J connectivity index is 1.83. The number of rotatable bonds is 7. The molecule has 0 spiro atoms. The second-order valence-electron chi connectivity index (χ2n) is 6.17. The Hall–Kier alpha value is -2.41. The van der Waals surface area contributed by atoms with Gasteiger partial charge in [-0.3, -0.25) is 4.72 Å². The SMILES string of the molecule is COc1ccc(OC)c(S(=O)(=O)Nc2cccc(OC3CCCC3)c2)c1. The highest BCUT2D eigenvalue weighted by atomic mass is 32.2. The fourth-order valence-electron chi connectivity index (χ4n) is 3.04. The number of ether oxygens (including phenoxy) is 3. The van der Waals surface area contributed by atoms with Crippen LogP contribution in [0.25, 0.3) is 0 Å². The molecule has 1 aliphatic rings. The Morgan fingerprint density at radius 2 is 1.73 bits per heavy atom. The highest BCUT2D eigenvalue weighted by molar-refractivity contribution is 7.92. The van der Waals surface area contributed by atoms with Crippen molar-refractivity contribution in [3.8, 4) is 17.2 Å². The lowest BCUT2D eigenvalue weighted by atomic mass is 10.3. The van der Waals surface area contributed by atoms with Crippen LogP contribution in [0.4, 0.5) is 5.69 Å². The van der Waals surface area contributed by atoms with Gasteiger partial charge in [0.1, 0.15) is 22.1 Å². The largest absolute Gasteiger partial charge is 0.497 e. The molecule has 0 heterocycles. The molecule has 7 heteroatoms. The second-order valence-corrected chi connectivity index (χ2v) is 7.83. The molecular weight excluding hydrogens is 354 g/mol. The van der Waals surface area contributed by atoms with Crippen LogP contribution in [0.3, 0.4) is 0 Å². The van der Waals surface area contributed by atoms with Gasteiger partial charge in [-0.25, -0.2) is 8.42 Å². The molecule has 6 nitrogen and oxygen atoms in total. The van der Waals surface area contributed by atoms with Crippen molar-refractivity contribution in [3.05, 3.63) is 42.5 Å². The summed E-state index contributed by atoms with van der Waals surface area (Å²) >= 11 is 0. The molecule has 0 unspecified atom stereocenters. The Labute approximate surface area is 154 Å². The number of nitrogens with one attached hydrogen (secondary N) is 1. The summed E-state index contributed by atoms with van der Waals surface area (Å²) in [4.78, 5) is 0.0152. The van der Waals surface area contributed by atoms with E-state index in [9.17, 15) is 8.42 Å². The van der Waals surface area contributed by atoms with Crippen LogP contribution >= 0.6 is 0 Å². The van der Waals surface area contributed by atoms with Crippen LogP contribution in [0.2, 0.25) is 0 Å². The summed E-state index contributed by atoms with van der Waals surface area (Å²) in [6, 6.07) is 11.6. The van der Waals surface area contributed by atoms with Crippen molar-refractivity contribution in [2.24, 2.45) is 0 Å². The minimum absolute atomic E-state index is 0.0152. The van der Waals surface area contributed by atoms with E-state index in [0.717, 1.165) is 12.8 Å². The lowest BCUT2D eigenvalue weighted by Gasteiger charge is -2.15. The number of anilines is 1. The molecule has 26 heavy (non-hydrogen) atoms. The molecule has 140 valence electrons. The first-order valence-electron chi connectivity index (χ1n) is 8.53. The normalized spacial score (nSPS) is 14.8. The Bertz CT molecular complexity index is 860. The van der Waals surface area contributed by atoms with Gasteiger partial charge >= 0.3 is 0 Å². The van der Waals surface area contributed by atoms with Crippen LogP contribution in [0.1, 0.15) is 25.7 Å². The van der Waals surface area contributed by atoms with Crippen molar-refractivity contribution >= 4 is 15.7 Å². The molecule has 3 rings (SSSR count). The van der Waals surface area contributed by atoms with Crippen molar-refractivity contribution in [2.45, 2.75) is 36.7 Å². The molecule has 0 atom stereocenters. The van der Waals surface area contributed by atoms with E-state index in [-0.39, 0.29) is 16.7 Å². The maximum absolute atomic E-state index is 12.8. The number of benzene rings is 2. The van der Waals surface area contributed by atoms with Crippen molar-refractivity contribution in [1.29, 1.82) is 0 Å². The molecule has 1 saturated carbocycles. The third kappa shape index (κ3) is 4.22. The second kappa shape index (κ2) is 7.86. The zero-order valence-electron chi connectivity index (χ0n) is 14.9. The molecule has 0 amide bonds. The maximum atomic E-state index is 12.8. The summed E-state index contributed by atoms with van der Waals surface area (Å²) in [6.07, 6.45) is 4.63. The first-order valence-corrected chi connectivity index (χ1v) is 10.0. The predicted molar refractivity (Wildman–Crippen MR) is 99.7 cm³/mol. The monoisotopic (exact) mass is 377 g/mol. The Morgan fingerprint density at radius 1 is 0.962 bits per heavy atom. The smallest absolute Gasteiger partial charge is 0.265 e. The van der Waals surface area contributed by atoms with E-state index < -0.39 is 10.0 Å². The van der Waals surface area contributed by atoms with Crippen molar-refractivity contribution in [3.63, 3.8) is 0 Å². The van der Waals surface area contributed by atoms with E-state index in [1.807, 2.05) is 6.07 Å². The summed E-state index contributed by atoms with van der Waals surface area (Å²) < 4.78 is 44.5. The van der Waals surface area contributed by atoms with E-state index in [1.165, 1.54) is 33.1 Å². The highest BCUT2D eigenvalue weighted by Gasteiger charge is 2.21. The topological polar surface area (TPSA) is 73.9 Å². The molecule has 1 aliphatic carbocycles. The van der Waals surface area contributed by atoms with Crippen molar-refractivity contribution in [1.82, 2.24) is 0 Å². The van der Waals surface area contributed by atoms with Crippen molar-refractivity contribution in [2.75, 3.05) is 18.9 Å². The van der Waals surface area contributed by atoms with Crippen LogP contribution in [-0.2, 0) is 10.0 Å². The average Bonchev–Trinajstić information content (AvgIpc) is 3.14. The van der Waals surface area contributed by atoms with Gasteiger partial charge in [-0.15, -0.1) is 0 Å². The van der Waals surface area contributed by atoms with E-state index in [2.05, 4.69) is 4.72 Å². The molecule has 2 aromatic carbocycles. The molecule has 0 aromatic heterocycles. The lowest BCUT2D eigenvalue weighted by Crippen LogP contribution is -2.15. The van der Waals surface area contributed by atoms with Crippen LogP contribution < -0.4 is 18.9 Å². The minimum atomic E-state index is -3.84. The van der Waals surface area contributed by atoms with Gasteiger partial charge in [0.2, 0.25) is 0 Å². The molecule has 0 saturated heterocycles. The zero-order chi connectivity index (χ0) is 18.6. The van der Waals surface area contributed by atoms with Crippen molar-refractivity contribution < 1.29 is 22.6 Å². The Morgan fingerprint density at radius 3 is 2.42 bits per heavy atom. The standard InChI is InChI=1S/C19H23NO5S/c1-23-16-10-11-18(24-2)19(13-16)26(21,22)20-14-6-5-9-17(12-14)25-15-7-3-4-8-15/h5-6,9-13,15,20H,3-4,7-8H2,1-2H3. The lowest BCUT2D eigenvalue weighted by molar-refractivity contribution is 0.210. The van der Waals surface area contributed by atoms with E-state index in [1.54, 1.807) is 30.3 Å². The number of hydrogen-bond donors (Lipinski definition) is 1. The van der Waals surface area contributed by atoms with Crippen LogP contribution in [0, 0.1) is 0 Å². The van der Waals surface area contributed by atoms with E-state index >= 15 is 0 Å². The number of sulfonamides is 1. The minimum Gasteiger partial charge on any atom is -0.497 e. The summed E-state index contributed by atoms with van der Waals surface area (Å²) in [5, 5.41) is 0. The van der Waals surface area contributed by atoms with Crippen LogP contribution in [-0.4, -0.2) is 28.7 Å². The van der Waals surface area contributed by atoms with Gasteiger partial charge in [0.05, 0.1) is 26.0 Å². The third-order valence-corrected chi connectivity index (χ3v) is 5.75. The van der Waals surface area contributed by atoms with Gasteiger partial charge < -0.3 is 14.2 Å². The first-order chi connectivity index (χ1) is 12.5. The number of methoxy groups -OCH3 is 2. The molecule has 1 N–H and O–H groups in total. The van der Waals surface area contributed by atoms with Gasteiger partial charge in [-0.2, -0.15) is 0 Å². The highest BCUT2D eigenvalue weighted by Crippen LogP contribution is 2.31. The van der Waals surface area contributed by atoms with Gasteiger partial charge in [0.15, 0.2) is 0 Å². The molecule has 0 radical (unpaired) electrons. The summed E-state index contributed by atoms with van der Waals surface area (Å²) in [5.41, 5.74) is 0.436. The molecule has 0 aliphatic heterocycles. The van der Waals surface area contributed by atoms with Gasteiger partial charge in [0, 0.05) is 12.1 Å². The zero-order valence-corrected chi connectivity index (χ0v) is 15.7. The summed E-state index contributed by atoms with van der Waals surface area (Å²) in [7, 11) is -0.934. The van der Waals surface area contributed by atoms with Gasteiger partial charge in [0.25, 0.3) is 10.0 Å². The van der Waals surface area contributed by atoms with Gasteiger partial charge in [-0.05, 0) is 49.9 Å². The summed E-state index contributed by atoms with van der Waals surface area (Å²) in [6.45, 7) is 0. The molecule has 2 aromatic rings. The predicted octanol–water partition coefficient (Wildman–Crippen LogP) is 3.83. The molecule has 1 fully saturated rings. The fraction of sp³-hybridized carbons (Fsp3) is 0.368. The number of hydrogen-bond acceptors (Lipinski definition) is 5. The molecule has 0 bridgehead atoms. The van der Waals surface area contributed by atoms with Crippen LogP contribution in [0.5, 0.6) is 17.2 Å².